The van der Waals surface area contributed by atoms with E-state index < -0.39 is 0 Å². The molecule has 1 aromatic carbocycles. The Labute approximate surface area is 226 Å². The van der Waals surface area contributed by atoms with E-state index in [0.717, 1.165) is 36.1 Å². The van der Waals surface area contributed by atoms with E-state index >= 15 is 0 Å². The smallest absolute Gasteiger partial charge is 0.242 e. The highest BCUT2D eigenvalue weighted by molar-refractivity contribution is 7.11. The van der Waals surface area contributed by atoms with Gasteiger partial charge in [0.15, 0.2) is 11.5 Å². The molecule has 1 aliphatic carbocycles. The number of thiophene rings is 1. The summed E-state index contributed by atoms with van der Waals surface area (Å²) in [5.74, 6) is 1.48. The first kappa shape index (κ1) is 29.0. The number of rotatable bonds is 11. The summed E-state index contributed by atoms with van der Waals surface area (Å²) in [4.78, 5) is 33.4. The zero-order valence-electron chi connectivity index (χ0n) is 23.5. The lowest BCUT2D eigenvalue weighted by Gasteiger charge is -2.37. The molecule has 0 spiro atoms. The van der Waals surface area contributed by atoms with E-state index in [-0.39, 0.29) is 29.8 Å². The molecule has 0 radical (unpaired) electrons. The molecule has 0 N–H and O–H groups in total. The van der Waals surface area contributed by atoms with Crippen LogP contribution in [-0.2, 0) is 22.6 Å². The quantitative estimate of drug-likeness (QED) is 0.346. The summed E-state index contributed by atoms with van der Waals surface area (Å²) in [6, 6.07) is 10.2. The van der Waals surface area contributed by atoms with Gasteiger partial charge in [0.05, 0.1) is 20.8 Å². The molecule has 0 unspecified atom stereocenters. The van der Waals surface area contributed by atoms with Crippen LogP contribution in [0.2, 0.25) is 0 Å². The van der Waals surface area contributed by atoms with Gasteiger partial charge in [0.1, 0.15) is 6.54 Å². The number of hydrogen-bond donors (Lipinski definition) is 0. The Bertz CT molecular complexity index is 1040. The first-order chi connectivity index (χ1) is 17.6. The van der Waals surface area contributed by atoms with E-state index in [4.69, 9.17) is 9.47 Å². The van der Waals surface area contributed by atoms with Crippen LogP contribution < -0.4 is 9.47 Å². The molecule has 2 aromatic rings. The second-order valence-corrected chi connectivity index (χ2v) is 12.7. The van der Waals surface area contributed by atoms with Gasteiger partial charge in [0.25, 0.3) is 0 Å². The molecule has 0 atom stereocenters. The molecule has 1 fully saturated rings. The third-order valence-corrected chi connectivity index (χ3v) is 7.92. The fraction of sp³-hybridized carbons (Fsp3) is 0.600. The highest BCUT2D eigenvalue weighted by Crippen LogP contribution is 2.29. The summed E-state index contributed by atoms with van der Waals surface area (Å²) in [6.45, 7) is 9.60. The first-order valence-corrected chi connectivity index (χ1v) is 14.2. The summed E-state index contributed by atoms with van der Waals surface area (Å²) in [6.07, 6.45) is 6.56. The number of nitrogens with zero attached hydrogens (tertiary/aromatic N) is 2. The van der Waals surface area contributed by atoms with Crippen molar-refractivity contribution in [3.05, 3.63) is 45.6 Å². The summed E-state index contributed by atoms with van der Waals surface area (Å²) in [5.41, 5.74) is 0.958. The molecule has 0 bridgehead atoms. The average Bonchev–Trinajstić information content (AvgIpc) is 3.28. The van der Waals surface area contributed by atoms with Crippen LogP contribution in [0.25, 0.3) is 0 Å². The van der Waals surface area contributed by atoms with E-state index in [0.29, 0.717) is 37.4 Å². The molecule has 1 aromatic heterocycles. The Kier molecular flexibility index (Phi) is 10.4. The number of ether oxygens (including phenoxy) is 2. The second kappa shape index (κ2) is 13.3. The zero-order chi connectivity index (χ0) is 27.0. The maximum absolute atomic E-state index is 13.8. The second-order valence-electron chi connectivity index (χ2n) is 11.3. The van der Waals surface area contributed by atoms with Gasteiger partial charge in [0.2, 0.25) is 11.8 Å². The van der Waals surface area contributed by atoms with E-state index in [2.05, 4.69) is 39.8 Å². The molecule has 1 aliphatic rings. The van der Waals surface area contributed by atoms with E-state index in [1.165, 1.54) is 11.3 Å². The van der Waals surface area contributed by atoms with Crippen LogP contribution in [0.4, 0.5) is 0 Å². The Morgan fingerprint density at radius 1 is 0.973 bits per heavy atom. The molecule has 6 nitrogen and oxygen atoms in total. The molecule has 3 rings (SSSR count). The van der Waals surface area contributed by atoms with Gasteiger partial charge >= 0.3 is 0 Å². The van der Waals surface area contributed by atoms with Gasteiger partial charge in [-0.3, -0.25) is 9.59 Å². The maximum atomic E-state index is 13.8. The van der Waals surface area contributed by atoms with Crippen molar-refractivity contribution >= 4 is 23.2 Å². The molecular weight excluding hydrogens is 484 g/mol. The van der Waals surface area contributed by atoms with Gasteiger partial charge in [-0.05, 0) is 61.4 Å². The lowest BCUT2D eigenvalue weighted by atomic mass is 9.89. The van der Waals surface area contributed by atoms with Crippen molar-refractivity contribution < 1.29 is 19.1 Å². The minimum absolute atomic E-state index is 0.0133. The monoisotopic (exact) mass is 528 g/mol. The third kappa shape index (κ3) is 8.77. The Morgan fingerprint density at radius 2 is 1.68 bits per heavy atom. The lowest BCUT2D eigenvalue weighted by Crippen LogP contribution is -2.49. The summed E-state index contributed by atoms with van der Waals surface area (Å²) in [7, 11) is 3.25. The highest BCUT2D eigenvalue weighted by atomic mass is 32.1. The van der Waals surface area contributed by atoms with Crippen molar-refractivity contribution in [1.29, 1.82) is 0 Å². The normalized spacial score (nSPS) is 14.3. The number of carbonyl (C=O) groups excluding carboxylic acids is 2. The zero-order valence-corrected chi connectivity index (χ0v) is 24.3. The minimum Gasteiger partial charge on any atom is -0.493 e. The molecular formula is C30H44N2O4S. The molecule has 1 heterocycles. The summed E-state index contributed by atoms with van der Waals surface area (Å²) >= 11 is 1.72. The molecule has 1 saturated carbocycles. The van der Waals surface area contributed by atoms with Crippen molar-refractivity contribution in [2.45, 2.75) is 85.2 Å². The lowest BCUT2D eigenvalue weighted by molar-refractivity contribution is -0.144. The molecule has 7 heteroatoms. The first-order valence-electron chi connectivity index (χ1n) is 13.4. The third-order valence-electron chi connectivity index (χ3n) is 6.94. The largest absolute Gasteiger partial charge is 0.493 e. The van der Waals surface area contributed by atoms with Crippen LogP contribution in [0.15, 0.2) is 30.3 Å². The van der Waals surface area contributed by atoms with Crippen LogP contribution >= 0.6 is 11.3 Å². The van der Waals surface area contributed by atoms with E-state index in [9.17, 15) is 9.59 Å². The van der Waals surface area contributed by atoms with Crippen LogP contribution in [0, 0.1) is 12.3 Å². The van der Waals surface area contributed by atoms with Crippen molar-refractivity contribution in [3.8, 4) is 11.5 Å². The van der Waals surface area contributed by atoms with Gasteiger partial charge in [-0.25, -0.2) is 0 Å². The van der Waals surface area contributed by atoms with Gasteiger partial charge < -0.3 is 19.3 Å². The molecule has 0 aliphatic heterocycles. The average molecular weight is 529 g/mol. The highest BCUT2D eigenvalue weighted by Gasteiger charge is 2.31. The number of methoxy groups -OCH3 is 2. The Morgan fingerprint density at radius 3 is 2.27 bits per heavy atom. The minimum atomic E-state index is -0.116. The van der Waals surface area contributed by atoms with Gasteiger partial charge in [-0.2, -0.15) is 0 Å². The van der Waals surface area contributed by atoms with Crippen LogP contribution in [0.3, 0.4) is 0 Å². The van der Waals surface area contributed by atoms with Gasteiger partial charge in [0, 0.05) is 28.8 Å². The van der Waals surface area contributed by atoms with Crippen molar-refractivity contribution in [3.63, 3.8) is 0 Å². The fourth-order valence-electron chi connectivity index (χ4n) is 4.96. The van der Waals surface area contributed by atoms with Crippen molar-refractivity contribution in [2.24, 2.45) is 5.41 Å². The predicted molar refractivity (Wildman–Crippen MR) is 150 cm³/mol. The van der Waals surface area contributed by atoms with Crippen LogP contribution in [-0.4, -0.2) is 55.0 Å². The van der Waals surface area contributed by atoms with Gasteiger partial charge in [-0.1, -0.05) is 46.1 Å². The van der Waals surface area contributed by atoms with Gasteiger partial charge in [-0.15, -0.1) is 11.3 Å². The maximum Gasteiger partial charge on any atom is 0.242 e. The topological polar surface area (TPSA) is 59.1 Å². The number of amides is 2. The van der Waals surface area contributed by atoms with E-state index in [1.54, 1.807) is 25.6 Å². The van der Waals surface area contributed by atoms with Crippen LogP contribution in [0.1, 0.15) is 74.6 Å². The Balaban J connectivity index is 1.79. The number of benzene rings is 1. The van der Waals surface area contributed by atoms with Crippen LogP contribution in [0.5, 0.6) is 11.5 Å². The number of aryl methyl sites for hydroxylation is 1. The summed E-state index contributed by atoms with van der Waals surface area (Å²) in [5, 5.41) is 0. The summed E-state index contributed by atoms with van der Waals surface area (Å²) < 4.78 is 10.8. The number of carbonyl (C=O) groups is 2. The molecule has 204 valence electrons. The fourth-order valence-corrected chi connectivity index (χ4v) is 5.87. The molecule has 2 amide bonds. The molecule has 37 heavy (non-hydrogen) atoms. The van der Waals surface area contributed by atoms with E-state index in [1.807, 2.05) is 28.0 Å². The van der Waals surface area contributed by atoms with Crippen molar-refractivity contribution in [1.82, 2.24) is 9.80 Å². The standard InChI is InChI=1S/C30H44N2O4S/c1-22-12-14-25(37-22)20-31(17-16-23-13-15-26(35-5)27(18-23)36-6)29(34)21-32(24-10-8-7-9-11-24)28(33)19-30(2,3)4/h12-15,18,24H,7-11,16-17,19-21H2,1-6H3. The SMILES string of the molecule is COc1ccc(CCN(Cc2ccc(C)s2)C(=O)CN(C(=O)CC(C)(C)C)C2CCCCC2)cc1OC. The Hall–Kier alpha value is -2.54. The molecule has 0 saturated heterocycles. The number of hydrogen-bond acceptors (Lipinski definition) is 5. The van der Waals surface area contributed by atoms with Crippen molar-refractivity contribution in [2.75, 3.05) is 27.3 Å². The predicted octanol–water partition coefficient (Wildman–Crippen LogP) is 6.24.